The minimum absolute atomic E-state index is 0. The second-order valence-electron chi connectivity index (χ2n) is 6.11. The Hall–Kier alpha value is -1.04. The van der Waals surface area contributed by atoms with Gasteiger partial charge in [0.15, 0.2) is 0 Å². The van der Waals surface area contributed by atoms with Gasteiger partial charge in [-0.1, -0.05) is 13.0 Å². The van der Waals surface area contributed by atoms with Crippen molar-refractivity contribution >= 4 is 36.5 Å². The van der Waals surface area contributed by atoms with E-state index in [1.165, 1.54) is 12.8 Å². The fraction of sp³-hybridized carbons (Fsp3) is 0.647. The van der Waals surface area contributed by atoms with Crippen LogP contribution in [0.3, 0.4) is 0 Å². The van der Waals surface area contributed by atoms with Crippen LogP contribution in [0.2, 0.25) is 0 Å². The predicted molar refractivity (Wildman–Crippen MR) is 104 cm³/mol. The third-order valence-corrected chi connectivity index (χ3v) is 4.34. The molecule has 1 aliphatic rings. The quantitative estimate of drug-likeness (QED) is 0.610. The Morgan fingerprint density at radius 2 is 2.04 bits per heavy atom. The maximum absolute atomic E-state index is 12.0. The number of rotatable bonds is 8. The molecule has 1 unspecified atom stereocenters. The third-order valence-electron chi connectivity index (χ3n) is 4.34. The number of carbonyl (C=O) groups is 1. The third kappa shape index (κ3) is 8.71. The topological polar surface area (TPSA) is 66.0 Å². The highest BCUT2D eigenvalue weighted by Crippen LogP contribution is 2.23. The van der Waals surface area contributed by atoms with Gasteiger partial charge in [-0.05, 0) is 56.3 Å². The van der Waals surface area contributed by atoms with E-state index < -0.39 is 0 Å². The Kier molecular flexibility index (Phi) is 12.7. The van der Waals surface area contributed by atoms with Crippen molar-refractivity contribution in [2.75, 3.05) is 31.5 Å². The van der Waals surface area contributed by atoms with Gasteiger partial charge < -0.3 is 16.0 Å². The maximum Gasteiger partial charge on any atom is 0.220 e. The fourth-order valence-corrected chi connectivity index (χ4v) is 2.94. The molecule has 1 saturated heterocycles. The van der Waals surface area contributed by atoms with Crippen LogP contribution >= 0.6 is 24.8 Å². The van der Waals surface area contributed by atoms with Crippen LogP contribution in [0.1, 0.15) is 32.6 Å². The van der Waals surface area contributed by atoms with Gasteiger partial charge in [-0.15, -0.1) is 24.8 Å². The maximum atomic E-state index is 12.0. The number of carbonyl (C=O) groups excluding carboxylic acids is 1. The Morgan fingerprint density at radius 1 is 1.29 bits per heavy atom. The summed E-state index contributed by atoms with van der Waals surface area (Å²) in [7, 11) is 0. The van der Waals surface area contributed by atoms with Crippen LogP contribution in [0, 0.1) is 11.8 Å². The van der Waals surface area contributed by atoms with Crippen molar-refractivity contribution in [3.05, 3.63) is 24.4 Å². The number of hydrogen-bond donors (Lipinski definition) is 3. The first kappa shape index (κ1) is 23.0. The molecule has 5 nitrogen and oxygen atoms in total. The Bertz CT molecular complexity index is 441. The molecule has 138 valence electrons. The summed E-state index contributed by atoms with van der Waals surface area (Å²) in [6, 6.07) is 5.80. The highest BCUT2D eigenvalue weighted by molar-refractivity contribution is 5.85. The minimum Gasteiger partial charge on any atom is -0.370 e. The largest absolute Gasteiger partial charge is 0.370 e. The molecule has 0 radical (unpaired) electrons. The molecule has 7 heteroatoms. The zero-order chi connectivity index (χ0) is 15.6. The number of hydrogen-bond acceptors (Lipinski definition) is 4. The van der Waals surface area contributed by atoms with Crippen molar-refractivity contribution in [3.63, 3.8) is 0 Å². The molecule has 24 heavy (non-hydrogen) atoms. The molecule has 0 aliphatic carbocycles. The molecular formula is C17H30Cl2N4O. The van der Waals surface area contributed by atoms with Crippen LogP contribution in [-0.4, -0.2) is 37.1 Å². The van der Waals surface area contributed by atoms with Crippen molar-refractivity contribution in [1.29, 1.82) is 0 Å². The number of amides is 1. The average molecular weight is 377 g/mol. The van der Waals surface area contributed by atoms with Crippen LogP contribution in [-0.2, 0) is 4.79 Å². The fourth-order valence-electron chi connectivity index (χ4n) is 2.94. The van der Waals surface area contributed by atoms with E-state index in [9.17, 15) is 4.79 Å². The van der Waals surface area contributed by atoms with E-state index in [4.69, 9.17) is 0 Å². The van der Waals surface area contributed by atoms with Gasteiger partial charge in [-0.3, -0.25) is 4.79 Å². The second kappa shape index (κ2) is 13.3. The monoisotopic (exact) mass is 376 g/mol. The Labute approximate surface area is 157 Å². The molecule has 3 N–H and O–H groups in total. The normalized spacial score (nSPS) is 15.5. The molecule has 1 atom stereocenters. The predicted octanol–water partition coefficient (Wildman–Crippen LogP) is 2.87. The number of pyridine rings is 1. The highest BCUT2D eigenvalue weighted by Gasteiger charge is 2.21. The molecule has 1 aromatic rings. The van der Waals surface area contributed by atoms with Gasteiger partial charge in [0, 0.05) is 25.7 Å². The molecule has 2 heterocycles. The van der Waals surface area contributed by atoms with Crippen molar-refractivity contribution in [2.24, 2.45) is 11.8 Å². The van der Waals surface area contributed by atoms with E-state index in [1.807, 2.05) is 18.2 Å². The van der Waals surface area contributed by atoms with Gasteiger partial charge in [0.1, 0.15) is 5.82 Å². The summed E-state index contributed by atoms with van der Waals surface area (Å²) in [5.41, 5.74) is 0. The molecule has 2 rings (SSSR count). The lowest BCUT2D eigenvalue weighted by Crippen LogP contribution is -2.34. The summed E-state index contributed by atoms with van der Waals surface area (Å²) in [6.07, 6.45) is 5.72. The summed E-state index contributed by atoms with van der Waals surface area (Å²) in [6.45, 7) is 5.93. The number of piperidine rings is 1. The van der Waals surface area contributed by atoms with Gasteiger partial charge in [-0.2, -0.15) is 0 Å². The second-order valence-corrected chi connectivity index (χ2v) is 6.11. The lowest BCUT2D eigenvalue weighted by molar-refractivity contribution is -0.122. The molecule has 1 aromatic heterocycles. The van der Waals surface area contributed by atoms with Gasteiger partial charge in [0.25, 0.3) is 0 Å². The van der Waals surface area contributed by atoms with Crippen LogP contribution in [0.5, 0.6) is 0 Å². The number of aromatic nitrogens is 1. The number of nitrogens with zero attached hydrogens (tertiary/aromatic N) is 1. The van der Waals surface area contributed by atoms with Gasteiger partial charge in [-0.25, -0.2) is 4.98 Å². The number of halogens is 2. The van der Waals surface area contributed by atoms with Crippen molar-refractivity contribution in [1.82, 2.24) is 15.6 Å². The van der Waals surface area contributed by atoms with E-state index in [0.717, 1.165) is 38.4 Å². The average Bonchev–Trinajstić information content (AvgIpc) is 2.56. The first-order valence-corrected chi connectivity index (χ1v) is 8.38. The van der Waals surface area contributed by atoms with Crippen molar-refractivity contribution in [3.8, 4) is 0 Å². The van der Waals surface area contributed by atoms with Gasteiger partial charge >= 0.3 is 0 Å². The summed E-state index contributed by atoms with van der Waals surface area (Å²) in [4.78, 5) is 16.2. The first-order chi connectivity index (χ1) is 10.8. The van der Waals surface area contributed by atoms with Gasteiger partial charge in [0.05, 0.1) is 0 Å². The summed E-state index contributed by atoms with van der Waals surface area (Å²) >= 11 is 0. The molecule has 0 bridgehead atoms. The minimum atomic E-state index is 0. The Morgan fingerprint density at radius 3 is 2.71 bits per heavy atom. The lowest BCUT2D eigenvalue weighted by Gasteiger charge is -2.27. The van der Waals surface area contributed by atoms with Crippen LogP contribution < -0.4 is 16.0 Å². The van der Waals surface area contributed by atoms with E-state index in [2.05, 4.69) is 27.9 Å². The highest BCUT2D eigenvalue weighted by atomic mass is 35.5. The number of nitrogens with one attached hydrogen (secondary N) is 3. The van der Waals surface area contributed by atoms with E-state index >= 15 is 0 Å². The molecule has 1 fully saturated rings. The molecular weight excluding hydrogens is 347 g/mol. The molecule has 1 amide bonds. The lowest BCUT2D eigenvalue weighted by atomic mass is 9.84. The zero-order valence-electron chi connectivity index (χ0n) is 14.3. The van der Waals surface area contributed by atoms with E-state index in [0.29, 0.717) is 18.3 Å². The SMILES string of the molecule is CC(CC(=O)NCCCNc1ccccn1)C1CCNCC1.Cl.Cl. The van der Waals surface area contributed by atoms with Crippen molar-refractivity contribution in [2.45, 2.75) is 32.6 Å². The zero-order valence-corrected chi connectivity index (χ0v) is 15.9. The summed E-state index contributed by atoms with van der Waals surface area (Å²) in [5, 5.41) is 9.64. The molecule has 1 aliphatic heterocycles. The molecule has 0 aromatic carbocycles. The summed E-state index contributed by atoms with van der Waals surface area (Å²) < 4.78 is 0. The van der Waals surface area contributed by atoms with Crippen LogP contribution in [0.25, 0.3) is 0 Å². The number of anilines is 1. The standard InChI is InChI=1S/C17H28N4O.2ClH/c1-14(15-6-11-18-12-7-15)13-17(22)21-10-4-9-20-16-5-2-3-8-19-16;;/h2-3,5,8,14-15,18H,4,6-7,9-13H2,1H3,(H,19,20)(H,21,22);2*1H. The van der Waals surface area contributed by atoms with Crippen LogP contribution in [0.4, 0.5) is 5.82 Å². The van der Waals surface area contributed by atoms with Gasteiger partial charge in [0.2, 0.25) is 5.91 Å². The smallest absolute Gasteiger partial charge is 0.220 e. The molecule has 0 saturated carbocycles. The van der Waals surface area contributed by atoms with Crippen LogP contribution in [0.15, 0.2) is 24.4 Å². The molecule has 0 spiro atoms. The van der Waals surface area contributed by atoms with E-state index in [-0.39, 0.29) is 30.7 Å². The van der Waals surface area contributed by atoms with E-state index in [1.54, 1.807) is 6.20 Å². The first-order valence-electron chi connectivity index (χ1n) is 8.38. The Balaban J connectivity index is 0.00000264. The summed E-state index contributed by atoms with van der Waals surface area (Å²) in [5.74, 6) is 2.24. The van der Waals surface area contributed by atoms with Crippen molar-refractivity contribution < 1.29 is 4.79 Å².